The van der Waals surface area contributed by atoms with Crippen LogP contribution < -0.4 is 5.32 Å². The second-order valence-corrected chi connectivity index (χ2v) is 5.91. The number of amides is 1. The van der Waals surface area contributed by atoms with Crippen molar-refractivity contribution in [2.24, 2.45) is 0 Å². The highest BCUT2D eigenvalue weighted by Gasteiger charge is 2.05. The quantitative estimate of drug-likeness (QED) is 0.676. The topological polar surface area (TPSA) is 46.9 Å². The molecule has 4 heteroatoms. The molecule has 0 bridgehead atoms. The van der Waals surface area contributed by atoms with Gasteiger partial charge in [-0.25, -0.2) is 0 Å². The van der Waals surface area contributed by atoms with Gasteiger partial charge in [0.25, 0.3) is 0 Å². The van der Waals surface area contributed by atoms with Gasteiger partial charge in [-0.15, -0.1) is 0 Å². The van der Waals surface area contributed by atoms with Gasteiger partial charge in [0.1, 0.15) is 0 Å². The van der Waals surface area contributed by atoms with Crippen LogP contribution in [0.25, 0.3) is 0 Å². The van der Waals surface area contributed by atoms with E-state index in [9.17, 15) is 4.79 Å². The number of nitrogens with zero attached hydrogens (tertiary/aromatic N) is 2. The molecule has 23 heavy (non-hydrogen) atoms. The van der Waals surface area contributed by atoms with Gasteiger partial charge in [-0.1, -0.05) is 56.9 Å². The Labute approximate surface area is 138 Å². The van der Waals surface area contributed by atoms with Crippen molar-refractivity contribution >= 4 is 5.91 Å². The predicted octanol–water partition coefficient (Wildman–Crippen LogP) is 3.91. The number of carbonyl (C=O) groups excluding carboxylic acids is 1. The molecule has 0 aliphatic carbocycles. The third kappa shape index (κ3) is 6.27. The maximum Gasteiger partial charge on any atom is 0.220 e. The highest BCUT2D eigenvalue weighted by Crippen LogP contribution is 2.11. The molecule has 4 nitrogen and oxygen atoms in total. The summed E-state index contributed by atoms with van der Waals surface area (Å²) in [6.45, 7) is 3.52. The van der Waals surface area contributed by atoms with E-state index >= 15 is 0 Å². The van der Waals surface area contributed by atoms with Gasteiger partial charge in [-0.2, -0.15) is 5.10 Å². The lowest BCUT2D eigenvalue weighted by atomic mass is 10.1. The predicted molar refractivity (Wildman–Crippen MR) is 93.0 cm³/mol. The van der Waals surface area contributed by atoms with Gasteiger partial charge in [-0.05, 0) is 23.6 Å². The van der Waals surface area contributed by atoms with E-state index in [1.54, 1.807) is 6.20 Å². The average Bonchev–Trinajstić information content (AvgIpc) is 3.07. The minimum atomic E-state index is 0.149. The maximum absolute atomic E-state index is 11.9. The first kappa shape index (κ1) is 17.3. The largest absolute Gasteiger partial charge is 0.352 e. The first-order valence-electron chi connectivity index (χ1n) is 8.60. The Kier molecular flexibility index (Phi) is 7.37. The number of benzene rings is 1. The molecule has 0 radical (unpaired) electrons. The van der Waals surface area contributed by atoms with Crippen molar-refractivity contribution in [2.45, 2.75) is 58.5 Å². The van der Waals surface area contributed by atoms with Crippen molar-refractivity contribution in [3.63, 3.8) is 0 Å². The van der Waals surface area contributed by atoms with Crippen molar-refractivity contribution in [1.29, 1.82) is 0 Å². The molecule has 1 aromatic heterocycles. The Bertz CT molecular complexity index is 578. The summed E-state index contributed by atoms with van der Waals surface area (Å²) in [5.74, 6) is 0.149. The van der Waals surface area contributed by atoms with E-state index in [0.717, 1.165) is 24.9 Å². The standard InChI is InChI=1S/C19H27N3O/c1-2-3-4-5-6-12-19(23)20-15-17-10-7-8-11-18(17)16-22-14-9-13-21-22/h7-11,13-14H,2-6,12,15-16H2,1H3,(H,20,23). The fourth-order valence-electron chi connectivity index (χ4n) is 2.62. The van der Waals surface area contributed by atoms with Crippen LogP contribution in [0.4, 0.5) is 0 Å². The van der Waals surface area contributed by atoms with Crippen molar-refractivity contribution < 1.29 is 4.79 Å². The fourth-order valence-corrected chi connectivity index (χ4v) is 2.62. The molecule has 2 rings (SSSR count). The van der Waals surface area contributed by atoms with E-state index in [1.165, 1.54) is 24.8 Å². The lowest BCUT2D eigenvalue weighted by molar-refractivity contribution is -0.121. The number of hydrogen-bond acceptors (Lipinski definition) is 2. The fraction of sp³-hybridized carbons (Fsp3) is 0.474. The van der Waals surface area contributed by atoms with E-state index in [1.807, 2.05) is 29.1 Å². The Morgan fingerprint density at radius 1 is 1.09 bits per heavy atom. The lowest BCUT2D eigenvalue weighted by Crippen LogP contribution is -2.23. The molecule has 1 aromatic carbocycles. The second kappa shape index (κ2) is 9.82. The van der Waals surface area contributed by atoms with E-state index in [-0.39, 0.29) is 5.91 Å². The Hall–Kier alpha value is -2.10. The highest BCUT2D eigenvalue weighted by molar-refractivity contribution is 5.75. The van der Waals surface area contributed by atoms with Crippen LogP contribution in [-0.4, -0.2) is 15.7 Å². The van der Waals surface area contributed by atoms with Crippen molar-refractivity contribution in [3.05, 3.63) is 53.9 Å². The third-order valence-electron chi connectivity index (χ3n) is 3.99. The van der Waals surface area contributed by atoms with Crippen LogP contribution in [0.2, 0.25) is 0 Å². The molecule has 0 aliphatic heterocycles. The first-order valence-corrected chi connectivity index (χ1v) is 8.60. The van der Waals surface area contributed by atoms with E-state index in [4.69, 9.17) is 0 Å². The smallest absolute Gasteiger partial charge is 0.220 e. The lowest BCUT2D eigenvalue weighted by Gasteiger charge is -2.11. The van der Waals surface area contributed by atoms with Crippen LogP contribution in [0.1, 0.15) is 56.6 Å². The molecule has 0 unspecified atom stereocenters. The molecule has 124 valence electrons. The monoisotopic (exact) mass is 313 g/mol. The summed E-state index contributed by atoms with van der Waals surface area (Å²) in [7, 11) is 0. The zero-order valence-electron chi connectivity index (χ0n) is 14.0. The minimum absolute atomic E-state index is 0.149. The number of aromatic nitrogens is 2. The number of carbonyl (C=O) groups is 1. The molecular formula is C19H27N3O. The van der Waals surface area contributed by atoms with Gasteiger partial charge in [0.15, 0.2) is 0 Å². The SMILES string of the molecule is CCCCCCCC(=O)NCc1ccccc1Cn1cccn1. The number of unbranched alkanes of at least 4 members (excludes halogenated alkanes) is 4. The van der Waals surface area contributed by atoms with E-state index in [2.05, 4.69) is 29.5 Å². The summed E-state index contributed by atoms with van der Waals surface area (Å²) >= 11 is 0. The number of rotatable bonds is 10. The van der Waals surface area contributed by atoms with Crippen LogP contribution in [0.3, 0.4) is 0 Å². The molecule has 0 fully saturated rings. The zero-order chi connectivity index (χ0) is 16.3. The second-order valence-electron chi connectivity index (χ2n) is 5.91. The van der Waals surface area contributed by atoms with Gasteiger partial charge in [0.05, 0.1) is 6.54 Å². The summed E-state index contributed by atoms with van der Waals surface area (Å²) < 4.78 is 1.90. The highest BCUT2D eigenvalue weighted by atomic mass is 16.1. The molecule has 0 aliphatic rings. The van der Waals surface area contributed by atoms with Crippen LogP contribution in [0, 0.1) is 0 Å². The van der Waals surface area contributed by atoms with Gasteiger partial charge in [0, 0.05) is 25.4 Å². The third-order valence-corrected chi connectivity index (χ3v) is 3.99. The number of hydrogen-bond donors (Lipinski definition) is 1. The molecule has 1 N–H and O–H groups in total. The maximum atomic E-state index is 11.9. The summed E-state index contributed by atoms with van der Waals surface area (Å²) in [6.07, 6.45) is 10.2. The molecule has 1 amide bonds. The van der Waals surface area contributed by atoms with Crippen molar-refractivity contribution in [3.8, 4) is 0 Å². The normalized spacial score (nSPS) is 10.7. The van der Waals surface area contributed by atoms with Crippen LogP contribution in [0.5, 0.6) is 0 Å². The molecular weight excluding hydrogens is 286 g/mol. The van der Waals surface area contributed by atoms with Crippen LogP contribution >= 0.6 is 0 Å². The molecule has 1 heterocycles. The van der Waals surface area contributed by atoms with Crippen LogP contribution in [-0.2, 0) is 17.9 Å². The van der Waals surface area contributed by atoms with Crippen LogP contribution in [0.15, 0.2) is 42.7 Å². The van der Waals surface area contributed by atoms with Crippen molar-refractivity contribution in [1.82, 2.24) is 15.1 Å². The van der Waals surface area contributed by atoms with E-state index in [0.29, 0.717) is 13.0 Å². The van der Waals surface area contributed by atoms with Gasteiger partial charge in [-0.3, -0.25) is 9.48 Å². The summed E-state index contributed by atoms with van der Waals surface area (Å²) in [5.41, 5.74) is 2.35. The Morgan fingerprint density at radius 3 is 2.61 bits per heavy atom. The molecule has 2 aromatic rings. The minimum Gasteiger partial charge on any atom is -0.352 e. The summed E-state index contributed by atoms with van der Waals surface area (Å²) in [6, 6.07) is 10.1. The Morgan fingerprint density at radius 2 is 1.87 bits per heavy atom. The average molecular weight is 313 g/mol. The van der Waals surface area contributed by atoms with Gasteiger partial charge in [0.2, 0.25) is 5.91 Å². The molecule has 0 spiro atoms. The van der Waals surface area contributed by atoms with Gasteiger partial charge < -0.3 is 5.32 Å². The van der Waals surface area contributed by atoms with Gasteiger partial charge >= 0.3 is 0 Å². The molecule has 0 saturated carbocycles. The Balaban J connectivity index is 1.77. The first-order chi connectivity index (χ1) is 11.3. The molecule has 0 atom stereocenters. The zero-order valence-corrected chi connectivity index (χ0v) is 14.0. The molecule has 0 saturated heterocycles. The van der Waals surface area contributed by atoms with E-state index < -0.39 is 0 Å². The summed E-state index contributed by atoms with van der Waals surface area (Å²) in [5, 5.41) is 7.28. The van der Waals surface area contributed by atoms with Crippen molar-refractivity contribution in [2.75, 3.05) is 0 Å². The number of nitrogens with one attached hydrogen (secondary N) is 1. The summed E-state index contributed by atoms with van der Waals surface area (Å²) in [4.78, 5) is 11.9.